The quantitative estimate of drug-likeness (QED) is 0.371. The summed E-state index contributed by atoms with van der Waals surface area (Å²) in [6, 6.07) is 20.2. The summed E-state index contributed by atoms with van der Waals surface area (Å²) in [7, 11) is 0. The van der Waals surface area contributed by atoms with Crippen LogP contribution in [0.2, 0.25) is 5.02 Å². The maximum atomic E-state index is 6.06. The van der Waals surface area contributed by atoms with Gasteiger partial charge in [-0.05, 0) is 41.5 Å². The summed E-state index contributed by atoms with van der Waals surface area (Å²) < 4.78 is 7.00. The maximum Gasteiger partial charge on any atom is 0.136 e. The molecule has 21 heavy (non-hydrogen) atoms. The molecule has 0 saturated carbocycles. The highest BCUT2D eigenvalue weighted by Crippen LogP contribution is 2.37. The van der Waals surface area contributed by atoms with E-state index >= 15 is 0 Å². The standard InChI is InChI=1S/C18H10BrClO/c19-12-6-4-11(5-7-12)14-2-1-3-16-18(14)15-9-8-13(20)10-17(15)21-16/h1-10H. The Balaban J connectivity index is 2.09. The fraction of sp³-hybridized carbons (Fsp3) is 0. The Bertz CT molecular complexity index is 954. The Morgan fingerprint density at radius 2 is 1.67 bits per heavy atom. The summed E-state index contributed by atoms with van der Waals surface area (Å²) in [5.74, 6) is 0. The number of hydrogen-bond acceptors (Lipinski definition) is 1. The summed E-state index contributed by atoms with van der Waals surface area (Å²) in [4.78, 5) is 0. The minimum Gasteiger partial charge on any atom is -0.456 e. The molecule has 0 radical (unpaired) electrons. The molecule has 0 aliphatic rings. The van der Waals surface area contributed by atoms with Crippen molar-refractivity contribution in [2.75, 3.05) is 0 Å². The highest BCUT2D eigenvalue weighted by molar-refractivity contribution is 9.10. The molecule has 1 heterocycles. The number of furan rings is 1. The van der Waals surface area contributed by atoms with E-state index in [4.69, 9.17) is 16.0 Å². The predicted octanol–water partition coefficient (Wildman–Crippen LogP) is 6.67. The van der Waals surface area contributed by atoms with Gasteiger partial charge in [-0.3, -0.25) is 0 Å². The van der Waals surface area contributed by atoms with Gasteiger partial charge in [0.1, 0.15) is 11.2 Å². The van der Waals surface area contributed by atoms with Crippen molar-refractivity contribution in [1.29, 1.82) is 0 Å². The van der Waals surface area contributed by atoms with E-state index in [0.29, 0.717) is 5.02 Å². The smallest absolute Gasteiger partial charge is 0.136 e. The van der Waals surface area contributed by atoms with E-state index in [9.17, 15) is 0 Å². The SMILES string of the molecule is Clc1ccc2c(c1)oc1cccc(-c3ccc(Br)cc3)c12. The van der Waals surface area contributed by atoms with Crippen molar-refractivity contribution in [3.63, 3.8) is 0 Å². The summed E-state index contributed by atoms with van der Waals surface area (Å²) >= 11 is 9.53. The first-order valence-corrected chi connectivity index (χ1v) is 7.76. The van der Waals surface area contributed by atoms with Gasteiger partial charge in [0.25, 0.3) is 0 Å². The first kappa shape index (κ1) is 12.9. The molecule has 4 rings (SSSR count). The van der Waals surface area contributed by atoms with Crippen LogP contribution in [0.4, 0.5) is 0 Å². The van der Waals surface area contributed by atoms with Crippen molar-refractivity contribution in [3.8, 4) is 11.1 Å². The van der Waals surface area contributed by atoms with Gasteiger partial charge in [0, 0.05) is 26.3 Å². The Morgan fingerprint density at radius 1 is 0.857 bits per heavy atom. The van der Waals surface area contributed by atoms with Gasteiger partial charge in [-0.1, -0.05) is 51.8 Å². The first-order valence-electron chi connectivity index (χ1n) is 6.59. The largest absolute Gasteiger partial charge is 0.456 e. The van der Waals surface area contributed by atoms with E-state index in [1.165, 1.54) is 11.1 Å². The van der Waals surface area contributed by atoms with Gasteiger partial charge in [0.2, 0.25) is 0 Å². The van der Waals surface area contributed by atoms with Crippen LogP contribution in [0, 0.1) is 0 Å². The van der Waals surface area contributed by atoms with Crippen molar-refractivity contribution in [3.05, 3.63) is 70.2 Å². The van der Waals surface area contributed by atoms with Gasteiger partial charge in [-0.15, -0.1) is 0 Å². The molecule has 0 amide bonds. The lowest BCUT2D eigenvalue weighted by Gasteiger charge is -2.04. The zero-order valence-electron chi connectivity index (χ0n) is 10.9. The van der Waals surface area contributed by atoms with Crippen LogP contribution >= 0.6 is 27.5 Å². The molecule has 0 atom stereocenters. The highest BCUT2D eigenvalue weighted by atomic mass is 79.9. The minimum atomic E-state index is 0.687. The maximum absolute atomic E-state index is 6.06. The Morgan fingerprint density at radius 3 is 2.48 bits per heavy atom. The van der Waals surface area contributed by atoms with Crippen LogP contribution in [-0.4, -0.2) is 0 Å². The summed E-state index contributed by atoms with van der Waals surface area (Å²) in [5, 5.41) is 2.91. The van der Waals surface area contributed by atoms with Crippen LogP contribution in [-0.2, 0) is 0 Å². The fourth-order valence-corrected chi connectivity index (χ4v) is 3.10. The zero-order valence-corrected chi connectivity index (χ0v) is 13.3. The van der Waals surface area contributed by atoms with Crippen LogP contribution in [0.5, 0.6) is 0 Å². The number of hydrogen-bond donors (Lipinski definition) is 0. The normalized spacial score (nSPS) is 11.3. The fourth-order valence-electron chi connectivity index (χ4n) is 2.67. The number of rotatable bonds is 1. The van der Waals surface area contributed by atoms with Crippen LogP contribution in [0.15, 0.2) is 69.6 Å². The van der Waals surface area contributed by atoms with Gasteiger partial charge in [0.15, 0.2) is 0 Å². The van der Waals surface area contributed by atoms with Crippen LogP contribution < -0.4 is 0 Å². The summed E-state index contributed by atoms with van der Waals surface area (Å²) in [6.07, 6.45) is 0. The number of halogens is 2. The Hall–Kier alpha value is -1.77. The Labute approximate surface area is 135 Å². The van der Waals surface area contributed by atoms with E-state index in [0.717, 1.165) is 26.4 Å². The molecule has 0 unspecified atom stereocenters. The molecule has 4 aromatic rings. The number of fused-ring (bicyclic) bond motifs is 3. The molecular formula is C18H10BrClO. The van der Waals surface area contributed by atoms with Gasteiger partial charge >= 0.3 is 0 Å². The average molecular weight is 358 g/mol. The average Bonchev–Trinajstić information content (AvgIpc) is 2.85. The molecule has 102 valence electrons. The molecule has 3 aromatic carbocycles. The third kappa shape index (κ3) is 2.15. The zero-order chi connectivity index (χ0) is 14.4. The van der Waals surface area contributed by atoms with E-state index in [-0.39, 0.29) is 0 Å². The topological polar surface area (TPSA) is 13.1 Å². The molecule has 0 aliphatic carbocycles. The van der Waals surface area contributed by atoms with Crippen LogP contribution in [0.3, 0.4) is 0 Å². The second-order valence-corrected chi connectivity index (χ2v) is 6.28. The van der Waals surface area contributed by atoms with Gasteiger partial charge in [-0.2, -0.15) is 0 Å². The lowest BCUT2D eigenvalue weighted by molar-refractivity contribution is 0.669. The molecular weight excluding hydrogens is 348 g/mol. The van der Waals surface area contributed by atoms with Crippen LogP contribution in [0.1, 0.15) is 0 Å². The van der Waals surface area contributed by atoms with Crippen molar-refractivity contribution in [2.45, 2.75) is 0 Å². The second kappa shape index (κ2) is 4.90. The molecule has 0 N–H and O–H groups in total. The van der Waals surface area contributed by atoms with Crippen molar-refractivity contribution in [2.24, 2.45) is 0 Å². The molecule has 0 saturated heterocycles. The van der Waals surface area contributed by atoms with E-state index in [1.54, 1.807) is 0 Å². The monoisotopic (exact) mass is 356 g/mol. The Kier molecular flexibility index (Phi) is 3.02. The first-order chi connectivity index (χ1) is 10.2. The molecule has 0 fully saturated rings. The van der Waals surface area contributed by atoms with Crippen LogP contribution in [0.25, 0.3) is 33.1 Å². The second-order valence-electron chi connectivity index (χ2n) is 4.93. The molecule has 3 heteroatoms. The van der Waals surface area contributed by atoms with Gasteiger partial charge in [0.05, 0.1) is 0 Å². The van der Waals surface area contributed by atoms with Crippen molar-refractivity contribution in [1.82, 2.24) is 0 Å². The molecule has 0 aliphatic heterocycles. The van der Waals surface area contributed by atoms with E-state index < -0.39 is 0 Å². The lowest BCUT2D eigenvalue weighted by Crippen LogP contribution is -1.79. The molecule has 1 nitrogen and oxygen atoms in total. The van der Waals surface area contributed by atoms with E-state index in [2.05, 4.69) is 34.1 Å². The van der Waals surface area contributed by atoms with E-state index in [1.807, 2.05) is 42.5 Å². The summed E-state index contributed by atoms with van der Waals surface area (Å²) in [5.41, 5.74) is 4.04. The summed E-state index contributed by atoms with van der Waals surface area (Å²) in [6.45, 7) is 0. The third-order valence-corrected chi connectivity index (χ3v) is 4.38. The minimum absolute atomic E-state index is 0.687. The number of benzene rings is 3. The lowest BCUT2D eigenvalue weighted by atomic mass is 10.00. The molecule has 1 aromatic heterocycles. The van der Waals surface area contributed by atoms with Crippen molar-refractivity contribution < 1.29 is 4.42 Å². The third-order valence-electron chi connectivity index (χ3n) is 3.61. The van der Waals surface area contributed by atoms with Gasteiger partial charge < -0.3 is 4.42 Å². The molecule has 0 spiro atoms. The predicted molar refractivity (Wildman–Crippen MR) is 91.9 cm³/mol. The molecule has 0 bridgehead atoms. The van der Waals surface area contributed by atoms with Gasteiger partial charge in [-0.25, -0.2) is 0 Å². The highest BCUT2D eigenvalue weighted by Gasteiger charge is 2.12. The van der Waals surface area contributed by atoms with Crippen molar-refractivity contribution >= 4 is 49.5 Å².